The number of anilines is 1. The van der Waals surface area contributed by atoms with Crippen LogP contribution in [0.2, 0.25) is 0 Å². The summed E-state index contributed by atoms with van der Waals surface area (Å²) in [5.41, 5.74) is 1.66. The number of nitrogens with one attached hydrogen (secondary N) is 1. The van der Waals surface area contributed by atoms with Gasteiger partial charge in [0.15, 0.2) is 16.7 Å². The number of hydrogen-bond donors (Lipinski definition) is 1. The first-order valence-corrected chi connectivity index (χ1v) is 10.7. The van der Waals surface area contributed by atoms with Crippen molar-refractivity contribution in [2.24, 2.45) is 7.05 Å². The zero-order valence-electron chi connectivity index (χ0n) is 16.2. The Bertz CT molecular complexity index is 1210. The first-order chi connectivity index (χ1) is 14.5. The lowest BCUT2D eigenvalue weighted by molar-refractivity contribution is -0.113. The minimum Gasteiger partial charge on any atom is -0.325 e. The van der Waals surface area contributed by atoms with Crippen molar-refractivity contribution in [2.45, 2.75) is 23.9 Å². The average Bonchev–Trinajstić information content (AvgIpc) is 3.53. The molecule has 3 aromatic rings. The largest absolute Gasteiger partial charge is 0.325 e. The fourth-order valence-corrected chi connectivity index (χ4v) is 4.43. The van der Waals surface area contributed by atoms with Gasteiger partial charge < -0.3 is 9.88 Å². The van der Waals surface area contributed by atoms with E-state index in [0.29, 0.717) is 33.5 Å². The number of aromatic nitrogens is 3. The summed E-state index contributed by atoms with van der Waals surface area (Å²) < 4.78 is 1.93. The number of benzene rings is 2. The maximum atomic E-state index is 13.0. The molecule has 1 heterocycles. The molecule has 1 N–H and O–H groups in total. The van der Waals surface area contributed by atoms with Gasteiger partial charge in [0.2, 0.25) is 5.91 Å². The van der Waals surface area contributed by atoms with E-state index >= 15 is 0 Å². The highest BCUT2D eigenvalue weighted by Gasteiger charge is 2.32. The van der Waals surface area contributed by atoms with Gasteiger partial charge in [-0.25, -0.2) is 0 Å². The van der Waals surface area contributed by atoms with Crippen LogP contribution in [0, 0.1) is 0 Å². The van der Waals surface area contributed by atoms with Crippen LogP contribution in [0.1, 0.15) is 56.4 Å². The number of amides is 1. The molecule has 7 nitrogen and oxygen atoms in total. The molecule has 2 aromatic carbocycles. The van der Waals surface area contributed by atoms with E-state index in [1.165, 1.54) is 11.8 Å². The van der Waals surface area contributed by atoms with Crippen molar-refractivity contribution in [3.8, 4) is 0 Å². The molecule has 150 valence electrons. The summed E-state index contributed by atoms with van der Waals surface area (Å²) in [5, 5.41) is 11.9. The highest BCUT2D eigenvalue weighted by molar-refractivity contribution is 7.99. The van der Waals surface area contributed by atoms with Gasteiger partial charge in [0.1, 0.15) is 5.82 Å². The zero-order chi connectivity index (χ0) is 20.8. The van der Waals surface area contributed by atoms with E-state index in [0.717, 1.165) is 18.7 Å². The summed E-state index contributed by atoms with van der Waals surface area (Å²) in [6.07, 6.45) is 2.26. The van der Waals surface area contributed by atoms with E-state index in [1.54, 1.807) is 42.5 Å². The summed E-state index contributed by atoms with van der Waals surface area (Å²) in [6, 6.07) is 11.7. The van der Waals surface area contributed by atoms with Gasteiger partial charge in [-0.1, -0.05) is 48.2 Å². The molecule has 30 heavy (non-hydrogen) atoms. The van der Waals surface area contributed by atoms with Crippen LogP contribution >= 0.6 is 11.8 Å². The minimum absolute atomic E-state index is 0.124. The van der Waals surface area contributed by atoms with E-state index < -0.39 is 0 Å². The summed E-state index contributed by atoms with van der Waals surface area (Å²) in [5.74, 6) is 0.816. The quantitative estimate of drug-likeness (QED) is 0.500. The molecule has 0 unspecified atom stereocenters. The number of ketones is 2. The van der Waals surface area contributed by atoms with Gasteiger partial charge in [0.25, 0.3) is 0 Å². The Morgan fingerprint density at radius 1 is 1.03 bits per heavy atom. The predicted octanol–water partition coefficient (Wildman–Crippen LogP) is 3.20. The molecule has 0 bridgehead atoms. The second-order valence-corrected chi connectivity index (χ2v) is 8.39. The second-order valence-electron chi connectivity index (χ2n) is 7.44. The summed E-state index contributed by atoms with van der Waals surface area (Å²) in [6.45, 7) is 0. The maximum Gasteiger partial charge on any atom is 0.234 e. The molecule has 8 heteroatoms. The van der Waals surface area contributed by atoms with Crippen molar-refractivity contribution < 1.29 is 14.4 Å². The lowest BCUT2D eigenvalue weighted by Crippen LogP contribution is -2.24. The molecule has 0 aliphatic heterocycles. The van der Waals surface area contributed by atoms with Gasteiger partial charge >= 0.3 is 0 Å². The smallest absolute Gasteiger partial charge is 0.234 e. The molecule has 1 fully saturated rings. The molecule has 5 rings (SSSR count). The highest BCUT2D eigenvalue weighted by atomic mass is 32.2. The number of hydrogen-bond acceptors (Lipinski definition) is 6. The van der Waals surface area contributed by atoms with Crippen molar-refractivity contribution in [1.82, 2.24) is 14.8 Å². The normalized spacial score (nSPS) is 15.0. The topological polar surface area (TPSA) is 94.0 Å². The van der Waals surface area contributed by atoms with Crippen LogP contribution in [0.25, 0.3) is 0 Å². The lowest BCUT2D eigenvalue weighted by atomic mass is 9.83. The Hall–Kier alpha value is -3.26. The Morgan fingerprint density at radius 3 is 2.47 bits per heavy atom. The molecular weight excluding hydrogens is 400 g/mol. The van der Waals surface area contributed by atoms with Crippen molar-refractivity contribution >= 4 is 34.9 Å². The molecule has 1 aromatic heterocycles. The summed E-state index contributed by atoms with van der Waals surface area (Å²) >= 11 is 1.29. The number of fused-ring (bicyclic) bond motifs is 2. The Labute approximate surface area is 176 Å². The van der Waals surface area contributed by atoms with Gasteiger partial charge in [-0.15, -0.1) is 10.2 Å². The van der Waals surface area contributed by atoms with E-state index in [2.05, 4.69) is 15.5 Å². The van der Waals surface area contributed by atoms with Gasteiger partial charge in [0.05, 0.1) is 17.0 Å². The third-order valence-electron chi connectivity index (χ3n) is 5.37. The van der Waals surface area contributed by atoms with E-state index in [9.17, 15) is 14.4 Å². The molecule has 2 aliphatic rings. The van der Waals surface area contributed by atoms with Gasteiger partial charge in [-0.05, 0) is 18.9 Å². The number of rotatable bonds is 5. The van der Waals surface area contributed by atoms with Crippen LogP contribution in [-0.4, -0.2) is 38.0 Å². The highest BCUT2D eigenvalue weighted by Crippen LogP contribution is 2.39. The van der Waals surface area contributed by atoms with Crippen molar-refractivity contribution in [3.05, 3.63) is 70.5 Å². The van der Waals surface area contributed by atoms with Crippen LogP contribution in [0.4, 0.5) is 5.69 Å². The third kappa shape index (κ3) is 3.13. The van der Waals surface area contributed by atoms with Crippen molar-refractivity contribution in [3.63, 3.8) is 0 Å². The van der Waals surface area contributed by atoms with Crippen LogP contribution in [0.3, 0.4) is 0 Å². The lowest BCUT2D eigenvalue weighted by Gasteiger charge is -2.20. The monoisotopic (exact) mass is 418 g/mol. The fourth-order valence-electron chi connectivity index (χ4n) is 3.71. The van der Waals surface area contributed by atoms with E-state index in [4.69, 9.17) is 0 Å². The average molecular weight is 418 g/mol. The Balaban J connectivity index is 1.35. The van der Waals surface area contributed by atoms with E-state index in [1.807, 2.05) is 11.6 Å². The first kappa shape index (κ1) is 18.7. The SMILES string of the molecule is Cn1c(SCC(=O)Nc2cccc3c2C(=O)c2ccccc2C3=O)nnc1C1CC1. The standard InChI is InChI=1S/C22H18N4O3S/c1-26-21(12-9-10-12)24-25-22(26)30-11-17(27)23-16-8-4-7-15-18(16)20(29)14-6-3-2-5-13(14)19(15)28/h2-8,12H,9-11H2,1H3,(H,23,27). The van der Waals surface area contributed by atoms with Gasteiger partial charge in [-0.2, -0.15) is 0 Å². The third-order valence-corrected chi connectivity index (χ3v) is 6.39. The molecule has 0 spiro atoms. The van der Waals surface area contributed by atoms with Gasteiger partial charge in [0, 0.05) is 29.7 Å². The molecule has 1 saturated carbocycles. The Morgan fingerprint density at radius 2 is 1.73 bits per heavy atom. The second kappa shape index (κ2) is 7.21. The van der Waals surface area contributed by atoms with E-state index in [-0.39, 0.29) is 28.8 Å². The zero-order valence-corrected chi connectivity index (χ0v) is 17.0. The molecule has 0 saturated heterocycles. The van der Waals surface area contributed by atoms with Crippen LogP contribution in [-0.2, 0) is 11.8 Å². The number of carbonyl (C=O) groups is 3. The molecule has 1 amide bonds. The van der Waals surface area contributed by atoms with Crippen LogP contribution in [0.5, 0.6) is 0 Å². The van der Waals surface area contributed by atoms with Crippen molar-refractivity contribution in [1.29, 1.82) is 0 Å². The molecule has 2 aliphatic carbocycles. The summed E-state index contributed by atoms with van der Waals surface area (Å²) in [4.78, 5) is 38.4. The first-order valence-electron chi connectivity index (χ1n) is 9.68. The van der Waals surface area contributed by atoms with Crippen LogP contribution < -0.4 is 5.32 Å². The predicted molar refractivity (Wildman–Crippen MR) is 112 cm³/mol. The van der Waals surface area contributed by atoms with Crippen molar-refractivity contribution in [2.75, 3.05) is 11.1 Å². The fraction of sp³-hybridized carbons (Fsp3) is 0.227. The maximum absolute atomic E-state index is 13.0. The molecule has 0 atom stereocenters. The number of nitrogens with zero attached hydrogens (tertiary/aromatic N) is 3. The molecule has 0 radical (unpaired) electrons. The van der Waals surface area contributed by atoms with Crippen LogP contribution in [0.15, 0.2) is 47.6 Å². The summed E-state index contributed by atoms with van der Waals surface area (Å²) in [7, 11) is 1.91. The molecular formula is C22H18N4O3S. The number of carbonyl (C=O) groups excluding carboxylic acids is 3. The van der Waals surface area contributed by atoms with Gasteiger partial charge in [-0.3, -0.25) is 14.4 Å². The minimum atomic E-state index is -0.275. The Kier molecular flexibility index (Phi) is 4.51. The number of thioether (sulfide) groups is 1.